The highest BCUT2D eigenvalue weighted by Crippen LogP contribution is 2.45. The van der Waals surface area contributed by atoms with Crippen molar-refractivity contribution in [2.45, 2.75) is 103 Å². The topological polar surface area (TPSA) is 168 Å². The van der Waals surface area contributed by atoms with E-state index in [2.05, 4.69) is 18.2 Å². The van der Waals surface area contributed by atoms with Crippen molar-refractivity contribution in [3.63, 3.8) is 0 Å². The van der Waals surface area contributed by atoms with Gasteiger partial charge >= 0.3 is 23.9 Å². The summed E-state index contributed by atoms with van der Waals surface area (Å²) in [6.07, 6.45) is -4.14. The largest absolute Gasteiger partial charge is 0.490 e. The second-order valence-electron chi connectivity index (χ2n) is 11.8. The summed E-state index contributed by atoms with van der Waals surface area (Å²) in [4.78, 5) is 48.8. The molecule has 5 atom stereocenters. The Hall–Kier alpha value is -4.47. The molecule has 0 unspecified atom stereocenters. The molecule has 1 saturated heterocycles. The van der Waals surface area contributed by atoms with Gasteiger partial charge in [-0.25, -0.2) is 0 Å². The number of hydrogen-bond donors (Lipinski definition) is 1. The average molecular weight is 638 g/mol. The number of carbonyl (C=O) groups excluding carboxylic acids is 4. The maximum absolute atomic E-state index is 12.5. The van der Waals surface area contributed by atoms with E-state index in [-0.39, 0.29) is 23.3 Å². The monoisotopic (exact) mass is 637 g/mol. The predicted octanol–water partition coefficient (Wildman–Crippen LogP) is 3.72. The number of carbonyl (C=O) groups is 4. The number of rotatable bonds is 11. The van der Waals surface area contributed by atoms with Crippen LogP contribution < -0.4 is 4.74 Å². The molecule has 0 aromatic heterocycles. The lowest BCUT2D eigenvalue weighted by Gasteiger charge is -2.49. The van der Waals surface area contributed by atoms with E-state index < -0.39 is 66.8 Å². The Kier molecular flexibility index (Phi) is 10.7. The molecule has 0 bridgehead atoms. The maximum Gasteiger partial charge on any atom is 0.303 e. The van der Waals surface area contributed by atoms with Crippen LogP contribution in [0.4, 0.5) is 0 Å². The summed E-state index contributed by atoms with van der Waals surface area (Å²) in [6, 6.07) is 13.2. The molecule has 1 saturated carbocycles. The first kappa shape index (κ1) is 34.4. The molecule has 0 radical (unpaired) electrons. The van der Waals surface area contributed by atoms with Crippen LogP contribution in [0.2, 0.25) is 0 Å². The van der Waals surface area contributed by atoms with Crippen LogP contribution in [-0.2, 0) is 55.1 Å². The van der Waals surface area contributed by atoms with Gasteiger partial charge in [-0.3, -0.25) is 19.2 Å². The van der Waals surface area contributed by atoms with Gasteiger partial charge in [0.1, 0.15) is 18.5 Å². The second kappa shape index (κ2) is 14.3. The van der Waals surface area contributed by atoms with E-state index in [1.54, 1.807) is 13.8 Å². The molecule has 12 nitrogen and oxygen atoms in total. The number of nitriles is 1. The van der Waals surface area contributed by atoms with E-state index in [0.717, 1.165) is 46.1 Å². The molecule has 12 heteroatoms. The van der Waals surface area contributed by atoms with Crippen molar-refractivity contribution >= 4 is 23.9 Å². The van der Waals surface area contributed by atoms with Crippen LogP contribution in [-0.4, -0.2) is 66.1 Å². The predicted molar refractivity (Wildman–Crippen MR) is 160 cm³/mol. The van der Waals surface area contributed by atoms with Gasteiger partial charge in [0.05, 0.1) is 23.3 Å². The van der Waals surface area contributed by atoms with Gasteiger partial charge in [0, 0.05) is 27.7 Å². The first-order chi connectivity index (χ1) is 21.7. The van der Waals surface area contributed by atoms with Crippen LogP contribution in [0.25, 0.3) is 0 Å². The van der Waals surface area contributed by atoms with Crippen molar-refractivity contribution < 1.29 is 52.7 Å². The molecule has 1 N–H and O–H groups in total. The number of benzene rings is 2. The summed E-state index contributed by atoms with van der Waals surface area (Å²) in [5.41, 5.74) is 2.85. The Morgan fingerprint density at radius 3 is 2.07 bits per heavy atom. The Labute approximate surface area is 267 Å². The van der Waals surface area contributed by atoms with E-state index >= 15 is 0 Å². The summed E-state index contributed by atoms with van der Waals surface area (Å²) < 4.78 is 33.9. The zero-order valence-corrected chi connectivity index (χ0v) is 26.7. The quantitative estimate of drug-likeness (QED) is 0.281. The Bertz CT molecular complexity index is 1510. The average Bonchev–Trinajstić information content (AvgIpc) is 3.81. The number of aliphatic hydroxyl groups is 1. The van der Waals surface area contributed by atoms with Gasteiger partial charge < -0.3 is 33.5 Å². The molecule has 4 rings (SSSR count). The fourth-order valence-electron chi connectivity index (χ4n) is 5.55. The summed E-state index contributed by atoms with van der Waals surface area (Å²) in [7, 11) is 0. The second-order valence-corrected chi connectivity index (χ2v) is 11.8. The highest BCUT2D eigenvalue weighted by Gasteiger charge is 2.61. The lowest BCUT2D eigenvalue weighted by atomic mass is 9.85. The molecule has 0 spiro atoms. The molecule has 246 valence electrons. The molecular formula is C34H39NO11. The van der Waals surface area contributed by atoms with Gasteiger partial charge in [-0.2, -0.15) is 5.26 Å². The minimum atomic E-state index is -2.63. The van der Waals surface area contributed by atoms with Crippen LogP contribution in [0, 0.1) is 11.3 Å². The standard InChI is InChI=1S/C34H39NO11/c1-18(2)42-29-15-27(16-35)26(13-23-7-9-24(10-8-23)25-11-12-25)14-28(29)34(40)33(45-22(6)39)32(44-21(5)38)31(43-20(4)37)30(46-34)17-41-19(3)36/h7-10,14-15,18,25,30-33,40H,11-13,17H2,1-6H3/t30-,31-,32+,33-,34+/m1/s1. The smallest absolute Gasteiger partial charge is 0.303 e. The van der Waals surface area contributed by atoms with Crippen molar-refractivity contribution in [2.24, 2.45) is 0 Å². The Balaban J connectivity index is 1.91. The van der Waals surface area contributed by atoms with Gasteiger partial charge in [-0.05, 0) is 67.9 Å². The van der Waals surface area contributed by atoms with Gasteiger partial charge in [-0.1, -0.05) is 24.3 Å². The summed E-state index contributed by atoms with van der Waals surface area (Å²) in [5, 5.41) is 22.7. The van der Waals surface area contributed by atoms with E-state index in [1.807, 2.05) is 12.1 Å². The Morgan fingerprint density at radius 2 is 1.54 bits per heavy atom. The molecule has 2 aromatic carbocycles. The van der Waals surface area contributed by atoms with Crippen LogP contribution in [0.15, 0.2) is 36.4 Å². The first-order valence-electron chi connectivity index (χ1n) is 15.1. The SMILES string of the molecule is CC(=O)OC[C@H]1O[C@@](O)(c2cc(Cc3ccc(C4CC4)cc3)c(C#N)cc2OC(C)C)[C@H](OC(C)=O)[C@@H](OC(C)=O)[C@@H]1OC(C)=O. The first-order valence-corrected chi connectivity index (χ1v) is 15.1. The summed E-state index contributed by atoms with van der Waals surface area (Å²) in [5.74, 6) is -5.25. The maximum atomic E-state index is 12.5. The third-order valence-electron chi connectivity index (χ3n) is 7.55. The van der Waals surface area contributed by atoms with E-state index in [9.17, 15) is 29.5 Å². The fourth-order valence-corrected chi connectivity index (χ4v) is 5.55. The number of nitrogens with zero attached hydrogens (tertiary/aromatic N) is 1. The van der Waals surface area contributed by atoms with E-state index in [1.165, 1.54) is 17.7 Å². The number of esters is 4. The molecule has 1 heterocycles. The lowest BCUT2D eigenvalue weighted by Crippen LogP contribution is -2.66. The molecular weight excluding hydrogens is 598 g/mol. The molecule has 2 aliphatic rings. The Morgan fingerprint density at radius 1 is 0.935 bits per heavy atom. The lowest BCUT2D eigenvalue weighted by molar-refractivity contribution is -0.360. The molecule has 46 heavy (non-hydrogen) atoms. The minimum absolute atomic E-state index is 0.0257. The van der Waals surface area contributed by atoms with Crippen molar-refractivity contribution in [3.8, 4) is 11.8 Å². The third kappa shape index (κ3) is 8.21. The summed E-state index contributed by atoms with van der Waals surface area (Å²) >= 11 is 0. The molecule has 1 aliphatic heterocycles. The van der Waals surface area contributed by atoms with E-state index in [0.29, 0.717) is 11.5 Å². The fraction of sp³-hybridized carbons (Fsp3) is 0.500. The van der Waals surface area contributed by atoms with Gasteiger partial charge in [0.25, 0.3) is 0 Å². The molecule has 2 fully saturated rings. The minimum Gasteiger partial charge on any atom is -0.490 e. The van der Waals surface area contributed by atoms with Gasteiger partial charge in [0.15, 0.2) is 12.2 Å². The third-order valence-corrected chi connectivity index (χ3v) is 7.55. The highest BCUT2D eigenvalue weighted by molar-refractivity contribution is 5.69. The van der Waals surface area contributed by atoms with Crippen molar-refractivity contribution in [2.75, 3.05) is 6.61 Å². The van der Waals surface area contributed by atoms with Crippen LogP contribution in [0.1, 0.15) is 88.1 Å². The van der Waals surface area contributed by atoms with E-state index in [4.69, 9.17) is 28.4 Å². The normalized spacial score (nSPS) is 24.0. The number of hydrogen-bond acceptors (Lipinski definition) is 12. The highest BCUT2D eigenvalue weighted by atomic mass is 16.7. The molecule has 1 aliphatic carbocycles. The van der Waals surface area contributed by atoms with Gasteiger partial charge in [0.2, 0.25) is 11.9 Å². The zero-order valence-electron chi connectivity index (χ0n) is 26.7. The van der Waals surface area contributed by atoms with Crippen molar-refractivity contribution in [3.05, 3.63) is 64.2 Å². The van der Waals surface area contributed by atoms with Crippen LogP contribution in [0.5, 0.6) is 5.75 Å². The zero-order chi connectivity index (χ0) is 33.8. The van der Waals surface area contributed by atoms with Gasteiger partial charge in [-0.15, -0.1) is 0 Å². The molecule has 0 amide bonds. The van der Waals surface area contributed by atoms with Crippen LogP contribution >= 0.6 is 0 Å². The van der Waals surface area contributed by atoms with Crippen molar-refractivity contribution in [1.82, 2.24) is 0 Å². The summed E-state index contributed by atoms with van der Waals surface area (Å²) in [6.45, 7) is 7.38. The number of ether oxygens (including phenoxy) is 6. The molecule has 2 aromatic rings. The van der Waals surface area contributed by atoms with Crippen molar-refractivity contribution in [1.29, 1.82) is 5.26 Å². The van der Waals surface area contributed by atoms with Crippen LogP contribution in [0.3, 0.4) is 0 Å².